The first-order chi connectivity index (χ1) is 14.7. The van der Waals surface area contributed by atoms with E-state index in [1.54, 1.807) is 0 Å². The van der Waals surface area contributed by atoms with Gasteiger partial charge in [0.05, 0.1) is 4.90 Å². The van der Waals surface area contributed by atoms with Crippen molar-refractivity contribution in [3.05, 3.63) is 84.2 Å². The van der Waals surface area contributed by atoms with Gasteiger partial charge in [0.25, 0.3) is 15.9 Å². The Hall–Kier alpha value is -3.39. The first kappa shape index (κ1) is 22.3. The SMILES string of the molecule is CC(C)c1ccc(OCC(=O)Nc2ccc(S(=O)(=O)Nc3ccc(F)cc3)cc2)cc1. The van der Waals surface area contributed by atoms with Gasteiger partial charge in [0, 0.05) is 11.4 Å². The number of sulfonamides is 1. The van der Waals surface area contributed by atoms with Crippen LogP contribution in [0.15, 0.2) is 77.7 Å². The van der Waals surface area contributed by atoms with Crippen LogP contribution in [0.3, 0.4) is 0 Å². The van der Waals surface area contributed by atoms with E-state index in [0.29, 0.717) is 17.4 Å². The molecule has 3 aromatic carbocycles. The van der Waals surface area contributed by atoms with E-state index >= 15 is 0 Å². The Morgan fingerprint density at radius 2 is 1.48 bits per heavy atom. The predicted molar refractivity (Wildman–Crippen MR) is 118 cm³/mol. The van der Waals surface area contributed by atoms with E-state index in [4.69, 9.17) is 4.74 Å². The molecule has 3 aromatic rings. The molecule has 0 saturated carbocycles. The lowest BCUT2D eigenvalue weighted by Gasteiger charge is -2.11. The maximum atomic E-state index is 13.0. The van der Waals surface area contributed by atoms with E-state index in [1.165, 1.54) is 42.0 Å². The molecular weight excluding hydrogens is 419 g/mol. The molecule has 0 fully saturated rings. The van der Waals surface area contributed by atoms with Gasteiger partial charge in [-0.2, -0.15) is 0 Å². The quantitative estimate of drug-likeness (QED) is 0.526. The van der Waals surface area contributed by atoms with Gasteiger partial charge in [-0.1, -0.05) is 26.0 Å². The van der Waals surface area contributed by atoms with Crippen LogP contribution in [0.1, 0.15) is 25.3 Å². The number of hydrogen-bond donors (Lipinski definition) is 2. The maximum Gasteiger partial charge on any atom is 0.262 e. The van der Waals surface area contributed by atoms with Crippen molar-refractivity contribution in [1.29, 1.82) is 0 Å². The fourth-order valence-corrected chi connectivity index (χ4v) is 3.80. The van der Waals surface area contributed by atoms with Crippen molar-refractivity contribution in [3.8, 4) is 5.75 Å². The number of hydrogen-bond acceptors (Lipinski definition) is 4. The van der Waals surface area contributed by atoms with Crippen LogP contribution in [0.25, 0.3) is 0 Å². The van der Waals surface area contributed by atoms with Gasteiger partial charge < -0.3 is 10.1 Å². The Labute approximate surface area is 181 Å². The summed E-state index contributed by atoms with van der Waals surface area (Å²) >= 11 is 0. The molecule has 31 heavy (non-hydrogen) atoms. The summed E-state index contributed by atoms with van der Waals surface area (Å²) in [7, 11) is -3.84. The van der Waals surface area contributed by atoms with Crippen LogP contribution >= 0.6 is 0 Å². The monoisotopic (exact) mass is 442 g/mol. The van der Waals surface area contributed by atoms with Gasteiger partial charge in [0.2, 0.25) is 0 Å². The second-order valence-corrected chi connectivity index (χ2v) is 8.88. The van der Waals surface area contributed by atoms with Gasteiger partial charge in [-0.25, -0.2) is 12.8 Å². The highest BCUT2D eigenvalue weighted by molar-refractivity contribution is 7.92. The molecule has 162 valence electrons. The molecule has 8 heteroatoms. The number of amides is 1. The van der Waals surface area contributed by atoms with Crippen molar-refractivity contribution in [2.75, 3.05) is 16.6 Å². The minimum absolute atomic E-state index is 0.0105. The minimum Gasteiger partial charge on any atom is -0.484 e. The fourth-order valence-electron chi connectivity index (χ4n) is 2.74. The van der Waals surface area contributed by atoms with E-state index in [1.807, 2.05) is 24.3 Å². The zero-order valence-corrected chi connectivity index (χ0v) is 17.9. The van der Waals surface area contributed by atoms with Crippen LogP contribution in [0, 0.1) is 5.82 Å². The van der Waals surface area contributed by atoms with E-state index in [-0.39, 0.29) is 23.1 Å². The first-order valence-corrected chi connectivity index (χ1v) is 11.1. The second-order valence-electron chi connectivity index (χ2n) is 7.20. The highest BCUT2D eigenvalue weighted by atomic mass is 32.2. The molecule has 3 rings (SSSR count). The zero-order valence-electron chi connectivity index (χ0n) is 17.1. The molecule has 2 N–H and O–H groups in total. The Morgan fingerprint density at radius 1 is 0.903 bits per heavy atom. The van der Waals surface area contributed by atoms with Crippen LogP contribution in [0.5, 0.6) is 5.75 Å². The van der Waals surface area contributed by atoms with Crippen molar-refractivity contribution < 1.29 is 22.3 Å². The Morgan fingerprint density at radius 3 is 2.06 bits per heavy atom. The lowest BCUT2D eigenvalue weighted by molar-refractivity contribution is -0.118. The number of nitrogens with one attached hydrogen (secondary N) is 2. The van der Waals surface area contributed by atoms with E-state index < -0.39 is 15.8 Å². The lowest BCUT2D eigenvalue weighted by atomic mass is 10.0. The molecule has 0 aliphatic heterocycles. The third kappa shape index (κ3) is 6.29. The number of carbonyl (C=O) groups excluding carboxylic acids is 1. The average Bonchev–Trinajstić information content (AvgIpc) is 2.74. The molecule has 0 saturated heterocycles. The first-order valence-electron chi connectivity index (χ1n) is 9.64. The van der Waals surface area contributed by atoms with Gasteiger partial charge in [0.15, 0.2) is 6.61 Å². The van der Waals surface area contributed by atoms with Crippen LogP contribution in [0.2, 0.25) is 0 Å². The molecule has 0 bridgehead atoms. The summed E-state index contributed by atoms with van der Waals surface area (Å²) in [6.07, 6.45) is 0. The molecule has 1 amide bonds. The van der Waals surface area contributed by atoms with Crippen LogP contribution in [0.4, 0.5) is 15.8 Å². The Kier molecular flexibility index (Phi) is 6.91. The van der Waals surface area contributed by atoms with Gasteiger partial charge in [-0.15, -0.1) is 0 Å². The highest BCUT2D eigenvalue weighted by Crippen LogP contribution is 2.20. The summed E-state index contributed by atoms with van der Waals surface area (Å²) in [5, 5.41) is 2.66. The molecule has 0 aliphatic rings. The summed E-state index contributed by atoms with van der Waals surface area (Å²) in [4.78, 5) is 12.1. The highest BCUT2D eigenvalue weighted by Gasteiger charge is 2.14. The van der Waals surface area contributed by atoms with Crippen molar-refractivity contribution in [2.24, 2.45) is 0 Å². The van der Waals surface area contributed by atoms with E-state index in [2.05, 4.69) is 23.9 Å². The third-order valence-electron chi connectivity index (χ3n) is 4.46. The maximum absolute atomic E-state index is 13.0. The molecule has 0 spiro atoms. The van der Waals surface area contributed by atoms with Crippen molar-refractivity contribution in [2.45, 2.75) is 24.7 Å². The molecular formula is C23H23FN2O4S. The zero-order chi connectivity index (χ0) is 22.4. The molecule has 0 atom stereocenters. The number of ether oxygens (including phenoxy) is 1. The van der Waals surface area contributed by atoms with Crippen molar-refractivity contribution in [1.82, 2.24) is 0 Å². The Bertz CT molecular complexity index is 1130. The molecule has 0 aliphatic carbocycles. The minimum atomic E-state index is -3.84. The fraction of sp³-hybridized carbons (Fsp3) is 0.174. The average molecular weight is 443 g/mol. The molecule has 0 heterocycles. The molecule has 0 unspecified atom stereocenters. The number of anilines is 2. The lowest BCUT2D eigenvalue weighted by Crippen LogP contribution is -2.20. The number of rotatable bonds is 8. The van der Waals surface area contributed by atoms with Gasteiger partial charge in [-0.3, -0.25) is 9.52 Å². The topological polar surface area (TPSA) is 84.5 Å². The predicted octanol–water partition coefficient (Wildman–Crippen LogP) is 4.77. The summed E-state index contributed by atoms with van der Waals surface area (Å²) in [5.41, 5.74) is 1.86. The largest absolute Gasteiger partial charge is 0.484 e. The molecule has 0 radical (unpaired) electrons. The summed E-state index contributed by atoms with van der Waals surface area (Å²) in [6.45, 7) is 4.02. The number of halogens is 1. The standard InChI is InChI=1S/C23H23FN2O4S/c1-16(2)17-3-11-21(12-4-17)30-15-23(27)25-19-9-13-22(14-10-19)31(28,29)26-20-7-5-18(24)6-8-20/h3-14,16,26H,15H2,1-2H3,(H,25,27). The summed E-state index contributed by atoms with van der Waals surface area (Å²) < 4.78 is 45.7. The van der Waals surface area contributed by atoms with Crippen molar-refractivity contribution in [3.63, 3.8) is 0 Å². The second kappa shape index (κ2) is 9.61. The van der Waals surface area contributed by atoms with Crippen LogP contribution in [-0.4, -0.2) is 20.9 Å². The Balaban J connectivity index is 1.55. The third-order valence-corrected chi connectivity index (χ3v) is 5.86. The van der Waals surface area contributed by atoms with Crippen molar-refractivity contribution >= 4 is 27.3 Å². The smallest absolute Gasteiger partial charge is 0.262 e. The normalized spacial score (nSPS) is 11.2. The van der Waals surface area contributed by atoms with Gasteiger partial charge in [0.1, 0.15) is 11.6 Å². The van der Waals surface area contributed by atoms with E-state index in [9.17, 15) is 17.6 Å². The summed E-state index contributed by atoms with van der Waals surface area (Å²) in [5.74, 6) is 0.176. The van der Waals surface area contributed by atoms with Crippen LogP contribution in [-0.2, 0) is 14.8 Å². The van der Waals surface area contributed by atoms with E-state index in [0.717, 1.165) is 12.1 Å². The van der Waals surface area contributed by atoms with Crippen LogP contribution < -0.4 is 14.8 Å². The van der Waals surface area contributed by atoms with Gasteiger partial charge >= 0.3 is 0 Å². The van der Waals surface area contributed by atoms with Gasteiger partial charge in [-0.05, 0) is 72.1 Å². The summed E-state index contributed by atoms with van der Waals surface area (Å²) in [6, 6.07) is 18.2. The molecule has 6 nitrogen and oxygen atoms in total. The molecule has 0 aromatic heterocycles. The number of benzene rings is 3. The number of carbonyl (C=O) groups is 1.